The summed E-state index contributed by atoms with van der Waals surface area (Å²) >= 11 is 0. The molecule has 4 aliphatic carbocycles. The fraction of sp³-hybridized carbons (Fsp3) is 0.897. The van der Waals surface area contributed by atoms with Gasteiger partial charge >= 0.3 is 12.2 Å². The quantitative estimate of drug-likeness (QED) is 0.117. The highest BCUT2D eigenvalue weighted by atomic mass is 16.6. The Morgan fingerprint density at radius 3 is 2.27 bits per heavy atom. The third-order valence-electron chi connectivity index (χ3n) is 13.7. The van der Waals surface area contributed by atoms with Gasteiger partial charge in [-0.15, -0.1) is 0 Å². The van der Waals surface area contributed by atoms with Crippen molar-refractivity contribution in [2.45, 2.75) is 157 Å². The summed E-state index contributed by atoms with van der Waals surface area (Å²) in [5.41, 5.74) is 2.37. The molecule has 45 heavy (non-hydrogen) atoms. The van der Waals surface area contributed by atoms with Crippen LogP contribution in [0.4, 0.5) is 9.59 Å². The molecule has 0 spiro atoms. The van der Waals surface area contributed by atoms with Crippen LogP contribution in [0, 0.1) is 52.3 Å². The zero-order valence-corrected chi connectivity index (χ0v) is 29.8. The summed E-state index contributed by atoms with van der Waals surface area (Å²) in [5, 5.41) is 14.0. The maximum atomic E-state index is 12.6. The van der Waals surface area contributed by atoms with Crippen molar-refractivity contribution in [1.29, 1.82) is 0 Å². The van der Waals surface area contributed by atoms with Gasteiger partial charge in [-0.25, -0.2) is 9.59 Å². The maximum Gasteiger partial charge on any atom is 0.407 e. The zero-order chi connectivity index (χ0) is 32.6. The van der Waals surface area contributed by atoms with E-state index in [-0.39, 0.29) is 17.6 Å². The smallest absolute Gasteiger partial charge is 0.407 e. The number of amides is 2. The number of alkyl carbamates (subject to hydrolysis) is 1. The van der Waals surface area contributed by atoms with Gasteiger partial charge in [0.1, 0.15) is 6.10 Å². The fourth-order valence-corrected chi connectivity index (χ4v) is 10.9. The molecule has 3 saturated carbocycles. The van der Waals surface area contributed by atoms with Gasteiger partial charge in [-0.3, -0.25) is 0 Å². The van der Waals surface area contributed by atoms with Crippen molar-refractivity contribution in [2.75, 3.05) is 13.1 Å². The molecule has 2 unspecified atom stereocenters. The average molecular weight is 629 g/mol. The highest BCUT2D eigenvalue weighted by Gasteiger charge is 2.59. The van der Waals surface area contributed by atoms with Crippen LogP contribution in [0.3, 0.4) is 0 Å². The van der Waals surface area contributed by atoms with E-state index in [1.807, 2.05) is 0 Å². The number of fused-ring (bicyclic) bond motifs is 5. The van der Waals surface area contributed by atoms with Crippen LogP contribution in [-0.2, 0) is 4.74 Å². The summed E-state index contributed by atoms with van der Waals surface area (Å²) in [7, 11) is 0. The molecule has 4 aliphatic rings. The van der Waals surface area contributed by atoms with Crippen molar-refractivity contribution >= 4 is 12.2 Å². The number of ether oxygens (including phenoxy) is 1. The van der Waals surface area contributed by atoms with Gasteiger partial charge in [-0.05, 0) is 116 Å². The lowest BCUT2D eigenvalue weighted by Crippen LogP contribution is -2.51. The molecule has 0 radical (unpaired) electrons. The molecule has 0 saturated heterocycles. The predicted molar refractivity (Wildman–Crippen MR) is 184 cm³/mol. The second-order valence-corrected chi connectivity index (χ2v) is 16.5. The number of unbranched alkanes of at least 4 members (excludes halogenated alkanes) is 5. The number of carbonyl (C=O) groups excluding carboxylic acids is 1. The molecule has 6 heteroatoms. The van der Waals surface area contributed by atoms with Crippen LogP contribution in [0.15, 0.2) is 11.6 Å². The Balaban J connectivity index is 1.21. The largest absolute Gasteiger partial charge is 0.465 e. The zero-order valence-electron chi connectivity index (χ0n) is 29.8. The normalized spacial score (nSPS) is 33.8. The maximum absolute atomic E-state index is 12.6. The summed E-state index contributed by atoms with van der Waals surface area (Å²) < 4.78 is 5.96. The number of nitrogens with one attached hydrogen (secondary N) is 2. The molecule has 2 amide bonds. The van der Waals surface area contributed by atoms with Gasteiger partial charge in [-0.2, -0.15) is 0 Å². The number of rotatable bonds is 16. The van der Waals surface area contributed by atoms with E-state index < -0.39 is 6.09 Å². The number of carboxylic acid groups (broad SMARTS) is 1. The van der Waals surface area contributed by atoms with Crippen molar-refractivity contribution in [3.05, 3.63) is 11.6 Å². The lowest BCUT2D eigenvalue weighted by molar-refractivity contribution is -0.0583. The molecule has 9 atom stereocenters. The van der Waals surface area contributed by atoms with Crippen LogP contribution < -0.4 is 10.6 Å². The summed E-state index contributed by atoms with van der Waals surface area (Å²) in [6, 6.07) is 0. The predicted octanol–water partition coefficient (Wildman–Crippen LogP) is 10.4. The molecular formula is C39H68N2O4. The van der Waals surface area contributed by atoms with E-state index in [0.717, 1.165) is 99.2 Å². The minimum Gasteiger partial charge on any atom is -0.465 e. The Kier molecular flexibility index (Phi) is 13.2. The van der Waals surface area contributed by atoms with E-state index in [2.05, 4.69) is 58.3 Å². The number of hydrogen-bond donors (Lipinski definition) is 3. The van der Waals surface area contributed by atoms with Gasteiger partial charge in [0.2, 0.25) is 0 Å². The molecule has 0 aromatic rings. The summed E-state index contributed by atoms with van der Waals surface area (Å²) in [4.78, 5) is 23.1. The van der Waals surface area contributed by atoms with E-state index in [1.165, 1.54) is 51.4 Å². The Labute approximate surface area is 275 Å². The highest BCUT2D eigenvalue weighted by Crippen LogP contribution is 2.67. The SMILES string of the molecule is CCC(CCC(C)[C@H]1CC[C@H]2[C@@H]3CC=C4C[C@@H](OC(=O)NCCCCCCCCNC(=O)O)CC[C@]4(C)[C@H]3CC[C@]12C)C(C)C. The second-order valence-electron chi connectivity index (χ2n) is 16.5. The highest BCUT2D eigenvalue weighted by molar-refractivity contribution is 5.67. The Hall–Kier alpha value is -1.72. The molecule has 0 aromatic carbocycles. The molecule has 0 bridgehead atoms. The summed E-state index contributed by atoms with van der Waals surface area (Å²) in [6.45, 7) is 16.2. The average Bonchev–Trinajstić information content (AvgIpc) is 3.35. The van der Waals surface area contributed by atoms with E-state index in [4.69, 9.17) is 9.84 Å². The molecule has 258 valence electrons. The lowest BCUT2D eigenvalue weighted by Gasteiger charge is -2.58. The molecule has 3 N–H and O–H groups in total. The first-order valence-electron chi connectivity index (χ1n) is 19.1. The summed E-state index contributed by atoms with van der Waals surface area (Å²) in [6.07, 6.45) is 21.6. The van der Waals surface area contributed by atoms with Crippen LogP contribution in [0.2, 0.25) is 0 Å². The monoisotopic (exact) mass is 629 g/mol. The number of carbonyl (C=O) groups is 2. The number of allylic oxidation sites excluding steroid dienone is 1. The molecule has 3 fully saturated rings. The van der Waals surface area contributed by atoms with Crippen LogP contribution >= 0.6 is 0 Å². The lowest BCUT2D eigenvalue weighted by atomic mass is 9.47. The van der Waals surface area contributed by atoms with Crippen LogP contribution in [-0.4, -0.2) is 36.5 Å². The van der Waals surface area contributed by atoms with Crippen molar-refractivity contribution in [3.8, 4) is 0 Å². The first-order valence-corrected chi connectivity index (χ1v) is 19.1. The fourth-order valence-electron chi connectivity index (χ4n) is 10.9. The minimum absolute atomic E-state index is 0.00337. The summed E-state index contributed by atoms with van der Waals surface area (Å²) in [5.74, 6) is 5.91. The van der Waals surface area contributed by atoms with E-state index in [1.54, 1.807) is 5.57 Å². The molecule has 0 aromatic heterocycles. The van der Waals surface area contributed by atoms with Crippen LogP contribution in [0.1, 0.15) is 151 Å². The van der Waals surface area contributed by atoms with Gasteiger partial charge in [0.05, 0.1) is 0 Å². The standard InChI is InChI=1S/C39H68N2O4/c1-7-29(27(2)3)15-14-28(4)33-18-19-34-32-17-16-30-26-31(20-22-38(30,5)35(32)21-23-39(33,34)6)45-37(44)41-25-13-11-9-8-10-12-24-40-36(42)43/h16,27-29,31-35,40H,7-15,17-26H2,1-6H3,(H,41,44)(H,42,43)/t28?,29?,31-,32-,33+,34-,35-,38-,39+/m0/s1. The molecule has 0 heterocycles. The molecule has 6 nitrogen and oxygen atoms in total. The van der Waals surface area contributed by atoms with Gasteiger partial charge in [-0.1, -0.05) is 91.7 Å². The van der Waals surface area contributed by atoms with Crippen molar-refractivity contribution < 1.29 is 19.4 Å². The van der Waals surface area contributed by atoms with Crippen molar-refractivity contribution in [1.82, 2.24) is 10.6 Å². The van der Waals surface area contributed by atoms with Gasteiger partial charge < -0.3 is 20.5 Å². The third-order valence-corrected chi connectivity index (χ3v) is 13.7. The van der Waals surface area contributed by atoms with Crippen LogP contribution in [0.25, 0.3) is 0 Å². The van der Waals surface area contributed by atoms with Gasteiger partial charge in [0.25, 0.3) is 0 Å². The Morgan fingerprint density at radius 1 is 0.911 bits per heavy atom. The Morgan fingerprint density at radius 2 is 1.60 bits per heavy atom. The van der Waals surface area contributed by atoms with Crippen molar-refractivity contribution in [3.63, 3.8) is 0 Å². The van der Waals surface area contributed by atoms with E-state index in [0.29, 0.717) is 18.5 Å². The molecule has 0 aliphatic heterocycles. The second kappa shape index (κ2) is 16.4. The Bertz CT molecular complexity index is 996. The minimum atomic E-state index is -0.948. The van der Waals surface area contributed by atoms with E-state index >= 15 is 0 Å². The van der Waals surface area contributed by atoms with Gasteiger partial charge in [0, 0.05) is 19.5 Å². The number of hydrogen-bond acceptors (Lipinski definition) is 3. The third kappa shape index (κ3) is 8.80. The first kappa shape index (κ1) is 36.1. The molecular weight excluding hydrogens is 560 g/mol. The molecule has 4 rings (SSSR count). The van der Waals surface area contributed by atoms with Gasteiger partial charge in [0.15, 0.2) is 0 Å². The van der Waals surface area contributed by atoms with Crippen molar-refractivity contribution in [2.24, 2.45) is 52.3 Å². The topological polar surface area (TPSA) is 87.7 Å². The first-order chi connectivity index (χ1) is 21.5. The van der Waals surface area contributed by atoms with E-state index in [9.17, 15) is 9.59 Å². The van der Waals surface area contributed by atoms with Crippen LogP contribution in [0.5, 0.6) is 0 Å².